The van der Waals surface area contributed by atoms with Crippen LogP contribution in [0, 0.1) is 17.5 Å². The first-order chi connectivity index (χ1) is 9.04. The van der Waals surface area contributed by atoms with Crippen molar-refractivity contribution in [2.75, 3.05) is 5.32 Å². The molecule has 19 heavy (non-hydrogen) atoms. The number of hydrogen-bond acceptors (Lipinski definition) is 1. The largest absolute Gasteiger partial charge is 0.382 e. The second-order valence-electron chi connectivity index (χ2n) is 4.50. The van der Waals surface area contributed by atoms with Crippen LogP contribution in [-0.2, 0) is 6.42 Å². The summed E-state index contributed by atoms with van der Waals surface area (Å²) in [5.74, 6) is -1.55. The van der Waals surface area contributed by atoms with Crippen LogP contribution in [0.2, 0.25) is 0 Å². The first-order valence-corrected chi connectivity index (χ1v) is 6.00. The zero-order valence-electron chi connectivity index (χ0n) is 10.5. The average molecular weight is 265 g/mol. The van der Waals surface area contributed by atoms with Gasteiger partial charge in [0, 0.05) is 17.8 Å². The van der Waals surface area contributed by atoms with Crippen molar-refractivity contribution in [2.24, 2.45) is 0 Å². The van der Waals surface area contributed by atoms with Crippen LogP contribution in [0.5, 0.6) is 0 Å². The number of nitrogens with one attached hydrogen (secondary N) is 1. The lowest BCUT2D eigenvalue weighted by atomic mass is 10.1. The summed E-state index contributed by atoms with van der Waals surface area (Å²) in [6, 6.07) is 9.56. The molecule has 0 aromatic heterocycles. The zero-order valence-corrected chi connectivity index (χ0v) is 10.5. The number of anilines is 1. The highest BCUT2D eigenvalue weighted by Gasteiger charge is 2.08. The molecule has 0 aliphatic heterocycles. The molecule has 0 heterocycles. The van der Waals surface area contributed by atoms with Gasteiger partial charge in [-0.1, -0.05) is 18.2 Å². The van der Waals surface area contributed by atoms with E-state index in [9.17, 15) is 13.2 Å². The summed E-state index contributed by atoms with van der Waals surface area (Å²) in [4.78, 5) is 0. The SMILES string of the molecule is CC(Cc1ccccc1F)Nc1cc(F)cc(F)c1. The van der Waals surface area contributed by atoms with Gasteiger partial charge in [-0.3, -0.25) is 0 Å². The van der Waals surface area contributed by atoms with E-state index in [0.717, 1.165) is 6.07 Å². The summed E-state index contributed by atoms with van der Waals surface area (Å²) in [6.45, 7) is 1.83. The van der Waals surface area contributed by atoms with Crippen LogP contribution >= 0.6 is 0 Å². The summed E-state index contributed by atoms with van der Waals surface area (Å²) in [6.07, 6.45) is 0.435. The first-order valence-electron chi connectivity index (χ1n) is 6.00. The molecule has 2 aromatic rings. The molecule has 0 aliphatic rings. The molecule has 0 saturated carbocycles. The average Bonchev–Trinajstić information content (AvgIpc) is 2.30. The Morgan fingerprint density at radius 3 is 2.26 bits per heavy atom. The standard InChI is InChI=1S/C15H14F3N/c1-10(6-11-4-2-3-5-15(11)18)19-14-8-12(16)7-13(17)9-14/h2-5,7-10,19H,6H2,1H3. The Kier molecular flexibility index (Phi) is 4.10. The molecule has 1 atom stereocenters. The summed E-state index contributed by atoms with van der Waals surface area (Å²) < 4.78 is 39.5. The van der Waals surface area contributed by atoms with Gasteiger partial charge in [0.15, 0.2) is 0 Å². The van der Waals surface area contributed by atoms with Gasteiger partial charge in [0.05, 0.1) is 0 Å². The molecule has 100 valence electrons. The van der Waals surface area contributed by atoms with E-state index in [1.165, 1.54) is 18.2 Å². The molecule has 0 radical (unpaired) electrons. The minimum atomic E-state index is -0.638. The molecule has 4 heteroatoms. The normalized spacial score (nSPS) is 12.2. The Labute approximate surface area is 110 Å². The van der Waals surface area contributed by atoms with Crippen LogP contribution in [0.1, 0.15) is 12.5 Å². The van der Waals surface area contributed by atoms with Gasteiger partial charge < -0.3 is 5.32 Å². The van der Waals surface area contributed by atoms with Crippen molar-refractivity contribution >= 4 is 5.69 Å². The van der Waals surface area contributed by atoms with Gasteiger partial charge in [0.2, 0.25) is 0 Å². The van der Waals surface area contributed by atoms with E-state index in [1.54, 1.807) is 18.2 Å². The highest BCUT2D eigenvalue weighted by Crippen LogP contribution is 2.16. The smallest absolute Gasteiger partial charge is 0.128 e. The molecule has 0 fully saturated rings. The fourth-order valence-corrected chi connectivity index (χ4v) is 1.97. The number of benzene rings is 2. The van der Waals surface area contributed by atoms with E-state index in [4.69, 9.17) is 0 Å². The highest BCUT2D eigenvalue weighted by molar-refractivity contribution is 5.44. The van der Waals surface area contributed by atoms with Crippen LogP contribution in [0.25, 0.3) is 0 Å². The van der Waals surface area contributed by atoms with Crippen LogP contribution in [0.3, 0.4) is 0 Å². The highest BCUT2D eigenvalue weighted by atomic mass is 19.1. The van der Waals surface area contributed by atoms with Crippen molar-refractivity contribution in [3.63, 3.8) is 0 Å². The summed E-state index contributed by atoms with van der Waals surface area (Å²) >= 11 is 0. The van der Waals surface area contributed by atoms with Gasteiger partial charge in [-0.15, -0.1) is 0 Å². The second kappa shape index (κ2) is 5.78. The van der Waals surface area contributed by atoms with Gasteiger partial charge in [-0.25, -0.2) is 13.2 Å². The van der Waals surface area contributed by atoms with Gasteiger partial charge in [-0.2, -0.15) is 0 Å². The monoisotopic (exact) mass is 265 g/mol. The van der Waals surface area contributed by atoms with Crippen LogP contribution in [0.4, 0.5) is 18.9 Å². The third-order valence-corrected chi connectivity index (χ3v) is 2.76. The van der Waals surface area contributed by atoms with Crippen molar-refractivity contribution in [1.82, 2.24) is 0 Å². The zero-order chi connectivity index (χ0) is 13.8. The predicted octanol–water partition coefficient (Wildman–Crippen LogP) is 4.15. The maximum atomic E-state index is 13.5. The molecule has 0 amide bonds. The van der Waals surface area contributed by atoms with E-state index in [2.05, 4.69) is 5.32 Å². The Bertz CT molecular complexity index is 549. The van der Waals surface area contributed by atoms with Crippen LogP contribution < -0.4 is 5.32 Å². The van der Waals surface area contributed by atoms with Crippen LogP contribution in [0.15, 0.2) is 42.5 Å². The Morgan fingerprint density at radius 2 is 1.63 bits per heavy atom. The van der Waals surface area contributed by atoms with Crippen molar-refractivity contribution in [3.05, 3.63) is 65.5 Å². The number of halogens is 3. The molecular formula is C15H14F3N. The van der Waals surface area contributed by atoms with Gasteiger partial charge >= 0.3 is 0 Å². The molecule has 2 aromatic carbocycles. The lowest BCUT2D eigenvalue weighted by Gasteiger charge is -2.16. The van der Waals surface area contributed by atoms with Crippen molar-refractivity contribution in [2.45, 2.75) is 19.4 Å². The maximum Gasteiger partial charge on any atom is 0.128 e. The first kappa shape index (κ1) is 13.5. The van der Waals surface area contributed by atoms with E-state index in [1.807, 2.05) is 6.92 Å². The molecule has 2 rings (SSSR count). The predicted molar refractivity (Wildman–Crippen MR) is 69.5 cm³/mol. The van der Waals surface area contributed by atoms with Gasteiger partial charge in [-0.05, 0) is 37.1 Å². The molecule has 1 nitrogen and oxygen atoms in total. The summed E-state index contributed by atoms with van der Waals surface area (Å²) in [7, 11) is 0. The minimum absolute atomic E-state index is 0.141. The molecular weight excluding hydrogens is 251 g/mol. The second-order valence-corrected chi connectivity index (χ2v) is 4.50. The lowest BCUT2D eigenvalue weighted by molar-refractivity contribution is 0.582. The van der Waals surface area contributed by atoms with Crippen molar-refractivity contribution in [3.8, 4) is 0 Å². The number of hydrogen-bond donors (Lipinski definition) is 1. The summed E-state index contributed by atoms with van der Waals surface area (Å²) in [5, 5.41) is 2.95. The summed E-state index contributed by atoms with van der Waals surface area (Å²) in [5.41, 5.74) is 0.917. The van der Waals surface area contributed by atoms with Crippen molar-refractivity contribution < 1.29 is 13.2 Å². The van der Waals surface area contributed by atoms with E-state index in [-0.39, 0.29) is 11.9 Å². The fourth-order valence-electron chi connectivity index (χ4n) is 1.97. The van der Waals surface area contributed by atoms with E-state index < -0.39 is 11.6 Å². The molecule has 0 saturated heterocycles. The molecule has 0 spiro atoms. The minimum Gasteiger partial charge on any atom is -0.382 e. The molecule has 0 aliphatic carbocycles. The Hall–Kier alpha value is -1.97. The Balaban J connectivity index is 2.05. The molecule has 1 unspecified atom stereocenters. The number of rotatable bonds is 4. The quantitative estimate of drug-likeness (QED) is 0.875. The molecule has 1 N–H and O–H groups in total. The lowest BCUT2D eigenvalue weighted by Crippen LogP contribution is -2.19. The third-order valence-electron chi connectivity index (χ3n) is 2.76. The fraction of sp³-hybridized carbons (Fsp3) is 0.200. The van der Waals surface area contributed by atoms with E-state index >= 15 is 0 Å². The molecule has 0 bridgehead atoms. The van der Waals surface area contributed by atoms with Crippen LogP contribution in [-0.4, -0.2) is 6.04 Å². The van der Waals surface area contributed by atoms with Gasteiger partial charge in [0.25, 0.3) is 0 Å². The topological polar surface area (TPSA) is 12.0 Å². The van der Waals surface area contributed by atoms with Crippen molar-refractivity contribution in [1.29, 1.82) is 0 Å². The van der Waals surface area contributed by atoms with E-state index in [0.29, 0.717) is 17.7 Å². The van der Waals surface area contributed by atoms with Gasteiger partial charge in [0.1, 0.15) is 17.5 Å². The third kappa shape index (κ3) is 3.74. The maximum absolute atomic E-state index is 13.5. The Morgan fingerprint density at radius 1 is 1.00 bits per heavy atom.